The number of benzene rings is 1. The molecule has 0 saturated carbocycles. The summed E-state index contributed by atoms with van der Waals surface area (Å²) in [5.74, 6) is 0.232. The van der Waals surface area contributed by atoms with E-state index in [2.05, 4.69) is 20.2 Å². The van der Waals surface area contributed by atoms with Crippen LogP contribution in [0.5, 0.6) is 11.6 Å². The molecule has 1 aromatic carbocycles. The lowest BCUT2D eigenvalue weighted by Crippen LogP contribution is -2.49. The van der Waals surface area contributed by atoms with Gasteiger partial charge in [0.05, 0.1) is 13.2 Å². The molecule has 1 N–H and O–H groups in total. The second-order valence-electron chi connectivity index (χ2n) is 9.15. The summed E-state index contributed by atoms with van der Waals surface area (Å²) in [6, 6.07) is 8.98. The first kappa shape index (κ1) is 32.7. The van der Waals surface area contributed by atoms with Gasteiger partial charge >= 0.3 is 6.18 Å². The number of aryl methyl sites for hydroxylation is 1. The maximum atomic E-state index is 12.9. The van der Waals surface area contributed by atoms with E-state index in [1.807, 2.05) is 29.2 Å². The van der Waals surface area contributed by atoms with Crippen LogP contribution in [0.15, 0.2) is 40.0 Å². The van der Waals surface area contributed by atoms with Crippen LogP contribution in [-0.4, -0.2) is 104 Å². The molecule has 0 radical (unpaired) electrons. The quantitative estimate of drug-likeness (QED) is 0.220. The van der Waals surface area contributed by atoms with E-state index in [1.54, 1.807) is 18.7 Å². The number of hydrogen-bond acceptors (Lipinski definition) is 10. The largest absolute Gasteiger partial charge is 0.482 e. The molecule has 41 heavy (non-hydrogen) atoms. The monoisotopic (exact) mass is 619 g/mol. The number of hydrogen-bond donors (Lipinski definition) is 1. The minimum absolute atomic E-state index is 0. The topological polar surface area (TPSA) is 102 Å². The Morgan fingerprint density at radius 3 is 2.54 bits per heavy atom. The number of nitrogens with zero attached hydrogens (tertiary/aromatic N) is 4. The third-order valence-electron chi connectivity index (χ3n) is 6.00. The van der Waals surface area contributed by atoms with Crippen molar-refractivity contribution in [3.05, 3.63) is 36.0 Å². The van der Waals surface area contributed by atoms with Crippen LogP contribution in [0.1, 0.15) is 5.69 Å². The highest BCUT2D eigenvalue weighted by atomic mass is 35.5. The van der Waals surface area contributed by atoms with Crippen molar-refractivity contribution in [2.24, 2.45) is 0 Å². The SMILES string of the molecule is COCCOc1nc(C)cc(OCC(F)(F)F)c1NC(=O)CN1CCN(CCSc2nc3ccccc3o2)CC1.Cl. The van der Waals surface area contributed by atoms with Crippen LogP contribution < -0.4 is 14.8 Å². The Morgan fingerprint density at radius 2 is 1.83 bits per heavy atom. The Labute approximate surface area is 246 Å². The molecular formula is C26H33ClF3N5O5S. The minimum atomic E-state index is -4.55. The maximum absolute atomic E-state index is 12.9. The van der Waals surface area contributed by atoms with Crippen molar-refractivity contribution in [1.29, 1.82) is 0 Å². The zero-order valence-electron chi connectivity index (χ0n) is 22.7. The molecule has 3 heterocycles. The predicted octanol–water partition coefficient (Wildman–Crippen LogP) is 4.27. The molecule has 3 aromatic rings. The highest BCUT2D eigenvalue weighted by molar-refractivity contribution is 7.99. The number of methoxy groups -OCH3 is 1. The van der Waals surface area contributed by atoms with Crippen LogP contribution in [0.2, 0.25) is 0 Å². The number of carbonyl (C=O) groups excluding carboxylic acids is 1. The molecule has 0 atom stereocenters. The molecule has 1 amide bonds. The summed E-state index contributed by atoms with van der Waals surface area (Å²) >= 11 is 1.56. The number of rotatable bonds is 13. The fourth-order valence-electron chi connectivity index (χ4n) is 4.06. The van der Waals surface area contributed by atoms with E-state index in [-0.39, 0.29) is 49.5 Å². The number of oxazole rings is 1. The number of aromatic nitrogens is 2. The number of anilines is 1. The van der Waals surface area contributed by atoms with Crippen molar-refractivity contribution < 1.29 is 36.6 Å². The number of halogens is 4. The lowest BCUT2D eigenvalue weighted by Gasteiger charge is -2.34. The summed E-state index contributed by atoms with van der Waals surface area (Å²) in [6.45, 7) is 4.22. The van der Waals surface area contributed by atoms with Gasteiger partial charge in [0.25, 0.3) is 5.22 Å². The summed E-state index contributed by atoms with van der Waals surface area (Å²) in [6.07, 6.45) is -4.55. The van der Waals surface area contributed by atoms with Gasteiger partial charge in [0, 0.05) is 57.3 Å². The number of alkyl halides is 3. The normalized spacial score (nSPS) is 14.6. The van der Waals surface area contributed by atoms with E-state index < -0.39 is 18.7 Å². The molecule has 2 aromatic heterocycles. The number of fused-ring (bicyclic) bond motifs is 1. The molecular weight excluding hydrogens is 587 g/mol. The molecule has 1 saturated heterocycles. The molecule has 1 fully saturated rings. The van der Waals surface area contributed by atoms with E-state index in [9.17, 15) is 18.0 Å². The number of piperazine rings is 1. The summed E-state index contributed by atoms with van der Waals surface area (Å²) < 4.78 is 59.8. The molecule has 10 nitrogen and oxygen atoms in total. The maximum Gasteiger partial charge on any atom is 0.422 e. The molecule has 1 aliphatic rings. The van der Waals surface area contributed by atoms with Gasteiger partial charge in [-0.05, 0) is 19.1 Å². The zero-order chi connectivity index (χ0) is 28.5. The molecule has 226 valence electrons. The van der Waals surface area contributed by atoms with Crippen LogP contribution >= 0.6 is 24.2 Å². The standard InChI is InChI=1S/C26H32F3N5O5S.ClH/c1-18-15-21(38-17-26(27,28)29)23(24(30-18)37-13-12-36-2)32-22(35)16-34-9-7-33(8-10-34)11-14-40-25-31-19-5-3-4-6-20(19)39-25;/h3-6,15H,7-14,16-17H2,1-2H3,(H,32,35);1H. The van der Waals surface area contributed by atoms with Gasteiger partial charge in [-0.2, -0.15) is 13.2 Å². The van der Waals surface area contributed by atoms with Crippen LogP contribution in [0.25, 0.3) is 11.1 Å². The number of ether oxygens (including phenoxy) is 3. The lowest BCUT2D eigenvalue weighted by atomic mass is 10.3. The third-order valence-corrected chi connectivity index (χ3v) is 6.81. The highest BCUT2D eigenvalue weighted by Crippen LogP contribution is 2.35. The second kappa shape index (κ2) is 15.4. The average Bonchev–Trinajstić information content (AvgIpc) is 3.32. The average molecular weight is 620 g/mol. The van der Waals surface area contributed by atoms with Crippen molar-refractivity contribution >= 4 is 46.9 Å². The fraction of sp³-hybridized carbons (Fsp3) is 0.500. The van der Waals surface area contributed by atoms with Crippen LogP contribution in [0, 0.1) is 6.92 Å². The summed E-state index contributed by atoms with van der Waals surface area (Å²) in [7, 11) is 1.49. The Hall–Kier alpha value is -2.78. The van der Waals surface area contributed by atoms with E-state index in [0.717, 1.165) is 36.5 Å². The number of pyridine rings is 1. The number of carbonyl (C=O) groups is 1. The van der Waals surface area contributed by atoms with Crippen molar-refractivity contribution in [2.75, 3.05) is 77.3 Å². The molecule has 4 rings (SSSR count). The van der Waals surface area contributed by atoms with E-state index in [4.69, 9.17) is 18.6 Å². The fourth-order valence-corrected chi connectivity index (χ4v) is 4.89. The molecule has 0 aliphatic carbocycles. The molecule has 0 spiro atoms. The van der Waals surface area contributed by atoms with Gasteiger partial charge in [-0.3, -0.25) is 14.6 Å². The summed E-state index contributed by atoms with van der Waals surface area (Å²) in [5.41, 5.74) is 1.95. The number of para-hydroxylation sites is 2. The summed E-state index contributed by atoms with van der Waals surface area (Å²) in [4.78, 5) is 25.9. The Morgan fingerprint density at radius 1 is 1.10 bits per heavy atom. The molecule has 0 unspecified atom stereocenters. The Kier molecular flexibility index (Phi) is 12.3. The smallest absolute Gasteiger partial charge is 0.422 e. The van der Waals surface area contributed by atoms with Crippen molar-refractivity contribution in [2.45, 2.75) is 18.3 Å². The first-order valence-electron chi connectivity index (χ1n) is 12.8. The summed E-state index contributed by atoms with van der Waals surface area (Å²) in [5, 5.41) is 3.30. The van der Waals surface area contributed by atoms with E-state index in [1.165, 1.54) is 13.2 Å². The Bertz CT molecular complexity index is 1240. The highest BCUT2D eigenvalue weighted by Gasteiger charge is 2.30. The van der Waals surface area contributed by atoms with Gasteiger partial charge in [0.2, 0.25) is 11.8 Å². The van der Waals surface area contributed by atoms with Crippen LogP contribution in [-0.2, 0) is 9.53 Å². The van der Waals surface area contributed by atoms with E-state index in [0.29, 0.717) is 24.0 Å². The van der Waals surface area contributed by atoms with Crippen LogP contribution in [0.3, 0.4) is 0 Å². The number of thioether (sulfide) groups is 1. The van der Waals surface area contributed by atoms with Crippen molar-refractivity contribution in [3.8, 4) is 11.6 Å². The van der Waals surface area contributed by atoms with E-state index >= 15 is 0 Å². The number of amides is 1. The number of nitrogens with one attached hydrogen (secondary N) is 1. The van der Waals surface area contributed by atoms with Crippen LogP contribution in [0.4, 0.5) is 18.9 Å². The first-order chi connectivity index (χ1) is 19.2. The van der Waals surface area contributed by atoms with Gasteiger partial charge in [0.15, 0.2) is 17.9 Å². The van der Waals surface area contributed by atoms with Gasteiger partial charge in [0.1, 0.15) is 17.8 Å². The minimum Gasteiger partial charge on any atom is -0.482 e. The van der Waals surface area contributed by atoms with Gasteiger partial charge in [-0.25, -0.2) is 9.97 Å². The van der Waals surface area contributed by atoms with Gasteiger partial charge in [-0.15, -0.1) is 12.4 Å². The molecule has 0 bridgehead atoms. The first-order valence-corrected chi connectivity index (χ1v) is 13.7. The van der Waals surface area contributed by atoms with Crippen molar-refractivity contribution in [1.82, 2.24) is 19.8 Å². The van der Waals surface area contributed by atoms with Crippen molar-refractivity contribution in [3.63, 3.8) is 0 Å². The zero-order valence-corrected chi connectivity index (χ0v) is 24.4. The predicted molar refractivity (Wildman–Crippen MR) is 151 cm³/mol. The Balaban J connectivity index is 0.00000462. The second-order valence-corrected chi connectivity index (χ2v) is 10.2. The van der Waals surface area contributed by atoms with Gasteiger partial charge < -0.3 is 23.9 Å². The molecule has 15 heteroatoms. The van der Waals surface area contributed by atoms with Gasteiger partial charge in [-0.1, -0.05) is 23.9 Å². The molecule has 1 aliphatic heterocycles. The third kappa shape index (κ3) is 10.2. The lowest BCUT2D eigenvalue weighted by molar-refractivity contribution is -0.153.